The molecule has 9 nitrogen and oxygen atoms in total. The molecule has 2 heterocycles. The van der Waals surface area contributed by atoms with Crippen LogP contribution in [0.3, 0.4) is 0 Å². The quantitative estimate of drug-likeness (QED) is 0.400. The Hall–Kier alpha value is -2.29. The molecule has 0 unspecified atom stereocenters. The van der Waals surface area contributed by atoms with E-state index in [9.17, 15) is 0 Å². The molecule has 0 aliphatic rings. The number of ether oxygens (including phenoxy) is 1. The van der Waals surface area contributed by atoms with Crippen LogP contribution in [0.2, 0.25) is 0 Å². The molecule has 114 valence electrons. The maximum atomic E-state index is 5.55. The lowest BCUT2D eigenvalue weighted by Gasteiger charge is -2.07. The van der Waals surface area contributed by atoms with Gasteiger partial charge in [-0.05, 0) is 6.42 Å². The Bertz CT molecular complexity index is 530. The monoisotopic (exact) mass is 292 g/mol. The third-order valence-corrected chi connectivity index (χ3v) is 2.83. The van der Waals surface area contributed by atoms with Gasteiger partial charge in [0.15, 0.2) is 0 Å². The molecule has 0 aliphatic carbocycles. The SMILES string of the molecule is CCCCCCCOc1nc(NN)nc(-n2cncn2)n1. The number of hydrogen-bond donors (Lipinski definition) is 2. The fourth-order valence-corrected chi connectivity index (χ4v) is 1.76. The zero-order chi connectivity index (χ0) is 14.9. The number of aromatic nitrogens is 6. The fraction of sp³-hybridized carbons (Fsp3) is 0.583. The highest BCUT2D eigenvalue weighted by atomic mass is 16.5. The van der Waals surface area contributed by atoms with E-state index in [1.54, 1.807) is 0 Å². The first kappa shape index (κ1) is 15.1. The molecule has 0 aliphatic heterocycles. The second-order valence-electron chi connectivity index (χ2n) is 4.49. The molecule has 3 N–H and O–H groups in total. The minimum Gasteiger partial charge on any atom is -0.463 e. The van der Waals surface area contributed by atoms with Crippen molar-refractivity contribution < 1.29 is 4.74 Å². The lowest BCUT2D eigenvalue weighted by Crippen LogP contribution is -2.15. The summed E-state index contributed by atoms with van der Waals surface area (Å²) in [5.74, 6) is 5.87. The first-order valence-corrected chi connectivity index (χ1v) is 7.04. The van der Waals surface area contributed by atoms with Crippen LogP contribution in [0.15, 0.2) is 12.7 Å². The largest absolute Gasteiger partial charge is 0.463 e. The number of nitrogen functional groups attached to an aromatic ring is 1. The van der Waals surface area contributed by atoms with Gasteiger partial charge in [-0.1, -0.05) is 32.6 Å². The number of nitrogens with two attached hydrogens (primary N) is 1. The zero-order valence-electron chi connectivity index (χ0n) is 12.1. The van der Waals surface area contributed by atoms with E-state index in [2.05, 4.69) is 37.4 Å². The summed E-state index contributed by atoms with van der Waals surface area (Å²) in [6, 6.07) is 0.221. The third-order valence-electron chi connectivity index (χ3n) is 2.83. The topological polar surface area (TPSA) is 117 Å². The summed E-state index contributed by atoms with van der Waals surface area (Å²) in [6.07, 6.45) is 8.69. The van der Waals surface area contributed by atoms with Crippen LogP contribution in [0.1, 0.15) is 39.0 Å². The van der Waals surface area contributed by atoms with Crippen LogP contribution in [0.4, 0.5) is 5.95 Å². The van der Waals surface area contributed by atoms with Gasteiger partial charge in [0.2, 0.25) is 5.95 Å². The van der Waals surface area contributed by atoms with Gasteiger partial charge in [0, 0.05) is 0 Å². The van der Waals surface area contributed by atoms with Crippen LogP contribution in [0, 0.1) is 0 Å². The van der Waals surface area contributed by atoms with E-state index < -0.39 is 0 Å². The predicted octanol–water partition coefficient (Wildman–Crippen LogP) is 1.09. The van der Waals surface area contributed by atoms with Gasteiger partial charge < -0.3 is 4.74 Å². The molecule has 0 saturated heterocycles. The second-order valence-corrected chi connectivity index (χ2v) is 4.49. The summed E-state index contributed by atoms with van der Waals surface area (Å²) in [6.45, 7) is 2.75. The molecule has 0 atom stereocenters. The lowest BCUT2D eigenvalue weighted by atomic mass is 10.2. The molecule has 0 spiro atoms. The number of anilines is 1. The number of hydrazine groups is 1. The maximum Gasteiger partial charge on any atom is 0.323 e. The minimum absolute atomic E-state index is 0.219. The van der Waals surface area contributed by atoms with E-state index in [0.29, 0.717) is 12.6 Å². The highest BCUT2D eigenvalue weighted by molar-refractivity contribution is 5.27. The Balaban J connectivity index is 1.94. The van der Waals surface area contributed by atoms with Crippen molar-refractivity contribution in [2.75, 3.05) is 12.0 Å². The summed E-state index contributed by atoms with van der Waals surface area (Å²) >= 11 is 0. The standard InChI is InChI=1S/C12H20N8O/c1-2-3-4-5-6-7-21-12-17-10(19-13)16-11(18-12)20-9-14-8-15-20/h8-9H,2-7,13H2,1H3,(H,16,17,18,19). The van der Waals surface area contributed by atoms with Crippen molar-refractivity contribution in [2.24, 2.45) is 5.84 Å². The van der Waals surface area contributed by atoms with Crippen LogP contribution >= 0.6 is 0 Å². The fourth-order valence-electron chi connectivity index (χ4n) is 1.76. The molecule has 0 saturated carbocycles. The molecule has 0 bridgehead atoms. The summed E-state index contributed by atoms with van der Waals surface area (Å²) in [7, 11) is 0. The number of unbranched alkanes of at least 4 members (excludes halogenated alkanes) is 4. The Morgan fingerprint density at radius 2 is 2.05 bits per heavy atom. The Labute approximate surface area is 123 Å². The number of rotatable bonds is 9. The van der Waals surface area contributed by atoms with E-state index >= 15 is 0 Å². The number of nitrogens with zero attached hydrogens (tertiary/aromatic N) is 6. The van der Waals surface area contributed by atoms with E-state index in [-0.39, 0.29) is 12.0 Å². The molecule has 0 radical (unpaired) electrons. The molecule has 0 aromatic carbocycles. The number of nitrogens with one attached hydrogen (secondary N) is 1. The van der Waals surface area contributed by atoms with Gasteiger partial charge in [0.25, 0.3) is 5.95 Å². The lowest BCUT2D eigenvalue weighted by molar-refractivity contribution is 0.280. The smallest absolute Gasteiger partial charge is 0.323 e. The first-order valence-electron chi connectivity index (χ1n) is 7.04. The molecule has 0 fully saturated rings. The highest BCUT2D eigenvalue weighted by Gasteiger charge is 2.09. The molecule has 2 aromatic heterocycles. The van der Waals surface area contributed by atoms with E-state index in [4.69, 9.17) is 10.6 Å². The van der Waals surface area contributed by atoms with Crippen molar-refractivity contribution in [3.63, 3.8) is 0 Å². The normalized spacial score (nSPS) is 10.6. The van der Waals surface area contributed by atoms with Crippen molar-refractivity contribution in [3.05, 3.63) is 12.7 Å². The van der Waals surface area contributed by atoms with Crippen LogP contribution in [0.5, 0.6) is 6.01 Å². The average molecular weight is 292 g/mol. The van der Waals surface area contributed by atoms with Gasteiger partial charge in [0.05, 0.1) is 6.61 Å². The van der Waals surface area contributed by atoms with Crippen LogP contribution in [-0.4, -0.2) is 36.3 Å². The third kappa shape index (κ3) is 4.63. The number of hydrogen-bond acceptors (Lipinski definition) is 8. The second kappa shape index (κ2) is 8.10. The van der Waals surface area contributed by atoms with Gasteiger partial charge in [-0.15, -0.1) is 0 Å². The van der Waals surface area contributed by atoms with Crippen molar-refractivity contribution in [1.82, 2.24) is 29.7 Å². The van der Waals surface area contributed by atoms with Gasteiger partial charge in [-0.3, -0.25) is 5.43 Å². The maximum absolute atomic E-state index is 5.55. The Kier molecular flexibility index (Phi) is 5.83. The van der Waals surface area contributed by atoms with Crippen LogP contribution in [0.25, 0.3) is 5.95 Å². The highest BCUT2D eigenvalue weighted by Crippen LogP contribution is 2.10. The summed E-state index contributed by atoms with van der Waals surface area (Å²) in [5, 5.41) is 3.96. The van der Waals surface area contributed by atoms with Crippen LogP contribution < -0.4 is 16.0 Å². The van der Waals surface area contributed by atoms with E-state index in [0.717, 1.165) is 12.8 Å². The van der Waals surface area contributed by atoms with Gasteiger partial charge in [0.1, 0.15) is 12.7 Å². The van der Waals surface area contributed by atoms with Crippen molar-refractivity contribution in [2.45, 2.75) is 39.0 Å². The molecule has 21 heavy (non-hydrogen) atoms. The zero-order valence-corrected chi connectivity index (χ0v) is 12.1. The van der Waals surface area contributed by atoms with Crippen LogP contribution in [-0.2, 0) is 0 Å². The molecule has 9 heteroatoms. The van der Waals surface area contributed by atoms with Gasteiger partial charge in [-0.25, -0.2) is 10.8 Å². The molecular weight excluding hydrogens is 272 g/mol. The molecular formula is C12H20N8O. The Morgan fingerprint density at radius 1 is 1.19 bits per heavy atom. The predicted molar refractivity (Wildman–Crippen MR) is 76.8 cm³/mol. The van der Waals surface area contributed by atoms with E-state index in [1.165, 1.54) is 36.6 Å². The molecule has 2 rings (SSSR count). The van der Waals surface area contributed by atoms with Gasteiger partial charge in [-0.2, -0.15) is 24.7 Å². The van der Waals surface area contributed by atoms with E-state index in [1.807, 2.05) is 0 Å². The minimum atomic E-state index is 0.219. The van der Waals surface area contributed by atoms with Crippen molar-refractivity contribution in [1.29, 1.82) is 0 Å². The van der Waals surface area contributed by atoms with Crippen molar-refractivity contribution >= 4 is 5.95 Å². The summed E-state index contributed by atoms with van der Waals surface area (Å²) < 4.78 is 6.96. The summed E-state index contributed by atoms with van der Waals surface area (Å²) in [4.78, 5) is 16.2. The molecule has 2 aromatic rings. The summed E-state index contributed by atoms with van der Waals surface area (Å²) in [5.41, 5.74) is 2.38. The average Bonchev–Trinajstić information content (AvgIpc) is 3.05. The van der Waals surface area contributed by atoms with Crippen molar-refractivity contribution in [3.8, 4) is 12.0 Å². The molecule has 0 amide bonds. The Morgan fingerprint density at radius 3 is 2.76 bits per heavy atom. The van der Waals surface area contributed by atoms with Gasteiger partial charge >= 0.3 is 6.01 Å². The first-order chi connectivity index (χ1) is 10.3.